The number of halogens is 1. The van der Waals surface area contributed by atoms with E-state index in [9.17, 15) is 4.39 Å². The molecule has 1 aliphatic rings. The fraction of sp³-hybridized carbons (Fsp3) is 0.300. The third-order valence-corrected chi connectivity index (χ3v) is 2.25. The molecule has 0 aliphatic carbocycles. The molecule has 2 rings (SSSR count). The van der Waals surface area contributed by atoms with Crippen LogP contribution >= 0.6 is 0 Å². The zero-order chi connectivity index (χ0) is 9.97. The monoisotopic (exact) mass is 193 g/mol. The zero-order valence-electron chi connectivity index (χ0n) is 7.78. The van der Waals surface area contributed by atoms with Crippen LogP contribution in [-0.4, -0.2) is 18.1 Å². The minimum Gasteiger partial charge on any atom is -0.349 e. The number of nitrogens with zero attached hydrogens (tertiary/aromatic N) is 2. The molecule has 0 radical (unpaired) electrons. The number of aromatic nitrogens is 1. The third-order valence-electron chi connectivity index (χ3n) is 2.25. The van der Waals surface area contributed by atoms with Crippen LogP contribution in [0.15, 0.2) is 24.4 Å². The Bertz CT molecular complexity index is 354. The highest BCUT2D eigenvalue weighted by Gasteiger charge is 2.13. The lowest BCUT2D eigenvalue weighted by Gasteiger charge is -2.19. The molecular weight excluding hydrogens is 181 g/mol. The van der Waals surface area contributed by atoms with Gasteiger partial charge in [0.15, 0.2) is 0 Å². The van der Waals surface area contributed by atoms with E-state index >= 15 is 0 Å². The van der Waals surface area contributed by atoms with E-state index in [1.807, 2.05) is 0 Å². The fourth-order valence-electron chi connectivity index (χ4n) is 1.56. The highest BCUT2D eigenvalue weighted by Crippen LogP contribution is 2.19. The highest BCUT2D eigenvalue weighted by atomic mass is 19.1. The maximum atomic E-state index is 12.9. The molecule has 14 heavy (non-hydrogen) atoms. The normalized spacial score (nSPS) is 15.1. The van der Waals surface area contributed by atoms with Gasteiger partial charge in [-0.3, -0.25) is 0 Å². The lowest BCUT2D eigenvalue weighted by molar-refractivity contribution is 0.618. The maximum Gasteiger partial charge on any atom is 0.141 e. The van der Waals surface area contributed by atoms with Crippen LogP contribution < -0.4 is 10.6 Å². The van der Waals surface area contributed by atoms with Gasteiger partial charge in [0, 0.05) is 25.2 Å². The Morgan fingerprint density at radius 1 is 1.43 bits per heavy atom. The van der Waals surface area contributed by atoms with Crippen LogP contribution in [0.4, 0.5) is 10.2 Å². The Hall–Kier alpha value is -1.42. The molecule has 0 fully saturated rings. The van der Waals surface area contributed by atoms with Crippen LogP contribution in [0.25, 0.3) is 0 Å². The summed E-state index contributed by atoms with van der Waals surface area (Å²) in [7, 11) is 0. The second kappa shape index (κ2) is 3.75. The summed E-state index contributed by atoms with van der Waals surface area (Å²) >= 11 is 0. The summed E-state index contributed by atoms with van der Waals surface area (Å²) in [4.78, 5) is 6.12. The van der Waals surface area contributed by atoms with Crippen molar-refractivity contribution in [3.8, 4) is 0 Å². The minimum absolute atomic E-state index is 0.316. The minimum atomic E-state index is -0.332. The summed E-state index contributed by atoms with van der Waals surface area (Å²) in [5.74, 6) is 0.459. The predicted molar refractivity (Wildman–Crippen MR) is 53.4 cm³/mol. The molecule has 3 nitrogen and oxygen atoms in total. The number of rotatable bonds is 2. The molecule has 1 aliphatic heterocycles. The second-order valence-corrected chi connectivity index (χ2v) is 3.22. The van der Waals surface area contributed by atoms with Crippen molar-refractivity contribution in [2.45, 2.75) is 6.54 Å². The van der Waals surface area contributed by atoms with Crippen LogP contribution in [0.5, 0.6) is 0 Å². The summed E-state index contributed by atoms with van der Waals surface area (Å²) < 4.78 is 12.9. The Morgan fingerprint density at radius 3 is 2.79 bits per heavy atom. The van der Waals surface area contributed by atoms with Crippen LogP contribution in [0.1, 0.15) is 5.56 Å². The average molecular weight is 193 g/mol. The summed E-state index contributed by atoms with van der Waals surface area (Å²) in [6.07, 6.45) is 5.35. The van der Waals surface area contributed by atoms with Crippen LogP contribution in [0, 0.1) is 5.82 Å². The number of hydrogen-bond donors (Lipinski definition) is 1. The van der Waals surface area contributed by atoms with E-state index in [1.54, 1.807) is 0 Å². The molecule has 0 spiro atoms. The Kier molecular flexibility index (Phi) is 2.45. The molecule has 2 heterocycles. The lowest BCUT2D eigenvalue weighted by Crippen LogP contribution is -2.22. The van der Waals surface area contributed by atoms with Gasteiger partial charge in [0.25, 0.3) is 0 Å². The largest absolute Gasteiger partial charge is 0.349 e. The molecule has 0 unspecified atom stereocenters. The Labute approximate surface area is 82.0 Å². The van der Waals surface area contributed by atoms with Gasteiger partial charge in [-0.05, 0) is 6.07 Å². The van der Waals surface area contributed by atoms with Gasteiger partial charge in [-0.2, -0.15) is 0 Å². The predicted octanol–water partition coefficient (Wildman–Crippen LogP) is 1.06. The van der Waals surface area contributed by atoms with Crippen LogP contribution in [0.3, 0.4) is 0 Å². The van der Waals surface area contributed by atoms with E-state index in [4.69, 9.17) is 5.73 Å². The van der Waals surface area contributed by atoms with Gasteiger partial charge in [-0.1, -0.05) is 12.2 Å². The number of pyridine rings is 1. The van der Waals surface area contributed by atoms with Crippen molar-refractivity contribution >= 4 is 5.82 Å². The summed E-state index contributed by atoms with van der Waals surface area (Å²) in [5, 5.41) is 0. The van der Waals surface area contributed by atoms with Gasteiger partial charge in [0.1, 0.15) is 11.6 Å². The SMILES string of the molecule is NCc1cc(F)cnc1N1CC=CC1. The molecular formula is C10H12FN3. The standard InChI is InChI=1S/C10H12FN3/c11-9-5-8(6-12)10(13-7-9)14-3-1-2-4-14/h1-2,5,7H,3-4,6,12H2. The summed E-state index contributed by atoms with van der Waals surface area (Å²) in [5.41, 5.74) is 6.29. The molecule has 74 valence electrons. The smallest absolute Gasteiger partial charge is 0.141 e. The lowest BCUT2D eigenvalue weighted by atomic mass is 10.2. The Morgan fingerprint density at radius 2 is 2.14 bits per heavy atom. The first-order chi connectivity index (χ1) is 6.81. The molecule has 0 saturated carbocycles. The third kappa shape index (κ3) is 1.61. The van der Waals surface area contributed by atoms with E-state index in [1.165, 1.54) is 12.3 Å². The first-order valence-electron chi connectivity index (χ1n) is 4.55. The summed E-state index contributed by atoms with van der Waals surface area (Å²) in [6, 6.07) is 1.45. The van der Waals surface area contributed by atoms with Crippen molar-refractivity contribution in [1.29, 1.82) is 0 Å². The van der Waals surface area contributed by atoms with Gasteiger partial charge >= 0.3 is 0 Å². The van der Waals surface area contributed by atoms with E-state index in [-0.39, 0.29) is 5.82 Å². The first-order valence-corrected chi connectivity index (χ1v) is 4.55. The zero-order valence-corrected chi connectivity index (χ0v) is 7.78. The van der Waals surface area contributed by atoms with Crippen molar-refractivity contribution in [3.05, 3.63) is 35.8 Å². The molecule has 0 aromatic carbocycles. The second-order valence-electron chi connectivity index (χ2n) is 3.22. The van der Waals surface area contributed by atoms with E-state index in [0.29, 0.717) is 6.54 Å². The van der Waals surface area contributed by atoms with E-state index in [0.717, 1.165) is 24.5 Å². The highest BCUT2D eigenvalue weighted by molar-refractivity contribution is 5.49. The van der Waals surface area contributed by atoms with Gasteiger partial charge in [0.05, 0.1) is 6.20 Å². The van der Waals surface area contributed by atoms with Crippen LogP contribution in [0.2, 0.25) is 0 Å². The van der Waals surface area contributed by atoms with Crippen molar-refractivity contribution in [2.75, 3.05) is 18.0 Å². The molecule has 1 aromatic rings. The number of anilines is 1. The topological polar surface area (TPSA) is 42.1 Å². The number of hydrogen-bond acceptors (Lipinski definition) is 3. The number of nitrogens with two attached hydrogens (primary N) is 1. The maximum absolute atomic E-state index is 12.9. The van der Waals surface area contributed by atoms with Gasteiger partial charge in [-0.15, -0.1) is 0 Å². The molecule has 0 saturated heterocycles. The first kappa shape index (κ1) is 9.15. The van der Waals surface area contributed by atoms with Gasteiger partial charge in [0.2, 0.25) is 0 Å². The molecule has 4 heteroatoms. The van der Waals surface area contributed by atoms with Crippen molar-refractivity contribution in [1.82, 2.24) is 4.98 Å². The molecule has 0 atom stereocenters. The van der Waals surface area contributed by atoms with Gasteiger partial charge in [-0.25, -0.2) is 9.37 Å². The van der Waals surface area contributed by atoms with Crippen molar-refractivity contribution in [2.24, 2.45) is 5.73 Å². The van der Waals surface area contributed by atoms with Gasteiger partial charge < -0.3 is 10.6 Å². The Balaban J connectivity index is 2.32. The average Bonchev–Trinajstić information content (AvgIpc) is 2.70. The molecule has 1 aromatic heterocycles. The van der Waals surface area contributed by atoms with E-state index < -0.39 is 0 Å². The van der Waals surface area contributed by atoms with Crippen molar-refractivity contribution in [3.63, 3.8) is 0 Å². The van der Waals surface area contributed by atoms with Crippen molar-refractivity contribution < 1.29 is 4.39 Å². The molecule has 0 amide bonds. The fourth-order valence-corrected chi connectivity index (χ4v) is 1.56. The van der Waals surface area contributed by atoms with Crippen LogP contribution in [-0.2, 0) is 6.54 Å². The molecule has 0 bridgehead atoms. The molecule has 2 N–H and O–H groups in total. The summed E-state index contributed by atoms with van der Waals surface area (Å²) in [6.45, 7) is 1.97. The van der Waals surface area contributed by atoms with E-state index in [2.05, 4.69) is 22.0 Å². The quantitative estimate of drug-likeness (QED) is 0.714.